The summed E-state index contributed by atoms with van der Waals surface area (Å²) >= 11 is 0. The van der Waals surface area contributed by atoms with E-state index in [1.807, 2.05) is 12.1 Å². The van der Waals surface area contributed by atoms with E-state index in [1.54, 1.807) is 12.4 Å². The SMILES string of the molecule is O=C(O)C(F)(F)F.OC1(c2cccnc2)CCCNC1. The van der Waals surface area contributed by atoms with Crippen LogP contribution < -0.4 is 5.32 Å². The van der Waals surface area contributed by atoms with E-state index in [2.05, 4.69) is 10.3 Å². The number of hydrogen-bond acceptors (Lipinski definition) is 4. The van der Waals surface area contributed by atoms with Crippen LogP contribution in [-0.2, 0) is 10.4 Å². The molecule has 3 N–H and O–H groups in total. The number of alkyl halides is 3. The minimum absolute atomic E-state index is 0.638. The number of halogens is 3. The maximum Gasteiger partial charge on any atom is 0.490 e. The number of pyridine rings is 1. The van der Waals surface area contributed by atoms with E-state index >= 15 is 0 Å². The van der Waals surface area contributed by atoms with E-state index in [4.69, 9.17) is 9.90 Å². The van der Waals surface area contributed by atoms with Gasteiger partial charge in [0.2, 0.25) is 0 Å². The number of rotatable bonds is 1. The highest BCUT2D eigenvalue weighted by molar-refractivity contribution is 5.73. The summed E-state index contributed by atoms with van der Waals surface area (Å²) in [6, 6.07) is 3.79. The first-order valence-electron chi connectivity index (χ1n) is 5.89. The number of nitrogens with one attached hydrogen (secondary N) is 1. The number of piperidine rings is 1. The lowest BCUT2D eigenvalue weighted by atomic mass is 9.88. The Bertz CT molecular complexity index is 431. The Labute approximate surface area is 113 Å². The molecule has 0 radical (unpaired) electrons. The minimum Gasteiger partial charge on any atom is -0.475 e. The maximum absolute atomic E-state index is 10.6. The highest BCUT2D eigenvalue weighted by Gasteiger charge is 2.38. The fourth-order valence-corrected chi connectivity index (χ4v) is 1.77. The first-order valence-corrected chi connectivity index (χ1v) is 5.89. The Morgan fingerprint density at radius 1 is 1.45 bits per heavy atom. The Morgan fingerprint density at radius 3 is 2.50 bits per heavy atom. The van der Waals surface area contributed by atoms with Gasteiger partial charge >= 0.3 is 12.1 Å². The van der Waals surface area contributed by atoms with Crippen LogP contribution in [0.1, 0.15) is 18.4 Å². The summed E-state index contributed by atoms with van der Waals surface area (Å²) in [5.41, 5.74) is 0.217. The standard InChI is InChI=1S/C10H14N2O.C2HF3O2/c13-10(4-2-6-12-8-10)9-3-1-5-11-7-9;3-2(4,5)1(6)7/h1,3,5,7,12-13H,2,4,6,8H2;(H,6,7). The second-order valence-electron chi connectivity index (χ2n) is 4.36. The van der Waals surface area contributed by atoms with Crippen molar-refractivity contribution in [2.75, 3.05) is 13.1 Å². The summed E-state index contributed by atoms with van der Waals surface area (Å²) in [6.45, 7) is 1.64. The summed E-state index contributed by atoms with van der Waals surface area (Å²) in [7, 11) is 0. The molecule has 8 heteroatoms. The van der Waals surface area contributed by atoms with E-state index in [9.17, 15) is 18.3 Å². The van der Waals surface area contributed by atoms with Gasteiger partial charge in [-0.05, 0) is 25.5 Å². The van der Waals surface area contributed by atoms with Crippen LogP contribution in [0.4, 0.5) is 13.2 Å². The zero-order valence-electron chi connectivity index (χ0n) is 10.5. The smallest absolute Gasteiger partial charge is 0.475 e. The molecule has 1 saturated heterocycles. The largest absolute Gasteiger partial charge is 0.490 e. The zero-order valence-corrected chi connectivity index (χ0v) is 10.5. The summed E-state index contributed by atoms with van der Waals surface area (Å²) in [4.78, 5) is 12.9. The van der Waals surface area contributed by atoms with Gasteiger partial charge in [0, 0.05) is 24.5 Å². The van der Waals surface area contributed by atoms with Crippen molar-refractivity contribution in [2.24, 2.45) is 0 Å². The summed E-state index contributed by atoms with van der Waals surface area (Å²) in [6.07, 6.45) is 0.229. The van der Waals surface area contributed by atoms with Gasteiger partial charge in [0.05, 0.1) is 0 Å². The van der Waals surface area contributed by atoms with Crippen LogP contribution in [-0.4, -0.2) is 40.4 Å². The number of nitrogens with zero attached hydrogens (tertiary/aromatic N) is 1. The number of hydrogen-bond donors (Lipinski definition) is 3. The number of aliphatic carboxylic acids is 1. The molecular formula is C12H15F3N2O3. The van der Waals surface area contributed by atoms with Crippen LogP contribution in [0.15, 0.2) is 24.5 Å². The van der Waals surface area contributed by atoms with Crippen molar-refractivity contribution in [2.45, 2.75) is 24.6 Å². The van der Waals surface area contributed by atoms with Crippen molar-refractivity contribution in [3.05, 3.63) is 30.1 Å². The Kier molecular flexibility index (Phi) is 5.46. The molecule has 20 heavy (non-hydrogen) atoms. The van der Waals surface area contributed by atoms with Gasteiger partial charge in [-0.3, -0.25) is 4.98 Å². The minimum atomic E-state index is -5.08. The number of aromatic nitrogens is 1. The first-order chi connectivity index (χ1) is 9.26. The van der Waals surface area contributed by atoms with Gasteiger partial charge in [0.1, 0.15) is 5.60 Å². The quantitative estimate of drug-likeness (QED) is 0.726. The normalized spacial score (nSPS) is 22.6. The lowest BCUT2D eigenvalue weighted by Gasteiger charge is -2.32. The molecule has 5 nitrogen and oxygen atoms in total. The van der Waals surface area contributed by atoms with Crippen LogP contribution in [0.5, 0.6) is 0 Å². The topological polar surface area (TPSA) is 82.5 Å². The van der Waals surface area contributed by atoms with E-state index in [-0.39, 0.29) is 0 Å². The van der Waals surface area contributed by atoms with Gasteiger partial charge in [-0.25, -0.2) is 4.79 Å². The Hall–Kier alpha value is -1.67. The van der Waals surface area contributed by atoms with Crippen molar-refractivity contribution in [1.82, 2.24) is 10.3 Å². The summed E-state index contributed by atoms with van der Waals surface area (Å²) < 4.78 is 31.7. The number of carboxylic acid groups (broad SMARTS) is 1. The van der Waals surface area contributed by atoms with Crippen molar-refractivity contribution < 1.29 is 28.2 Å². The predicted molar refractivity (Wildman–Crippen MR) is 63.9 cm³/mol. The van der Waals surface area contributed by atoms with E-state index in [1.165, 1.54) is 0 Å². The molecule has 1 fully saturated rings. The van der Waals surface area contributed by atoms with Crippen molar-refractivity contribution >= 4 is 5.97 Å². The molecule has 2 rings (SSSR count). The summed E-state index contributed by atoms with van der Waals surface area (Å²) in [5.74, 6) is -2.76. The number of aliphatic hydroxyl groups is 1. The van der Waals surface area contributed by atoms with Crippen molar-refractivity contribution in [1.29, 1.82) is 0 Å². The van der Waals surface area contributed by atoms with Crippen molar-refractivity contribution in [3.63, 3.8) is 0 Å². The van der Waals surface area contributed by atoms with Crippen LogP contribution in [0.25, 0.3) is 0 Å². The molecule has 0 spiro atoms. The Morgan fingerprint density at radius 2 is 2.10 bits per heavy atom. The molecule has 1 aromatic heterocycles. The fraction of sp³-hybridized carbons (Fsp3) is 0.500. The highest BCUT2D eigenvalue weighted by Crippen LogP contribution is 2.27. The molecule has 0 aromatic carbocycles. The van der Waals surface area contributed by atoms with Gasteiger partial charge in [-0.1, -0.05) is 6.07 Å². The molecule has 0 bridgehead atoms. The average Bonchev–Trinajstić information content (AvgIpc) is 2.40. The predicted octanol–water partition coefficient (Wildman–Crippen LogP) is 1.29. The highest BCUT2D eigenvalue weighted by atomic mass is 19.4. The summed E-state index contributed by atoms with van der Waals surface area (Å²) in [5, 5.41) is 20.6. The molecule has 2 heterocycles. The third-order valence-electron chi connectivity index (χ3n) is 2.80. The van der Waals surface area contributed by atoms with Gasteiger partial charge < -0.3 is 15.5 Å². The third-order valence-corrected chi connectivity index (χ3v) is 2.80. The molecule has 1 atom stereocenters. The van der Waals surface area contributed by atoms with Crippen LogP contribution in [0, 0.1) is 0 Å². The monoisotopic (exact) mass is 292 g/mol. The zero-order chi connectivity index (χ0) is 15.2. The van der Waals surface area contributed by atoms with E-state index in [0.29, 0.717) is 6.54 Å². The van der Waals surface area contributed by atoms with Gasteiger partial charge in [0.15, 0.2) is 0 Å². The van der Waals surface area contributed by atoms with Gasteiger partial charge in [-0.2, -0.15) is 13.2 Å². The molecule has 0 saturated carbocycles. The van der Waals surface area contributed by atoms with Crippen LogP contribution in [0.2, 0.25) is 0 Å². The molecule has 112 valence electrons. The second kappa shape index (κ2) is 6.67. The number of β-amino-alcohol motifs (C(OH)–C–C–N with tert-alkyl or cyclic N) is 1. The molecular weight excluding hydrogens is 277 g/mol. The van der Waals surface area contributed by atoms with E-state index in [0.717, 1.165) is 24.9 Å². The third kappa shape index (κ3) is 4.78. The van der Waals surface area contributed by atoms with Crippen molar-refractivity contribution in [3.8, 4) is 0 Å². The van der Waals surface area contributed by atoms with Gasteiger partial charge in [-0.15, -0.1) is 0 Å². The van der Waals surface area contributed by atoms with Crippen LogP contribution in [0.3, 0.4) is 0 Å². The second-order valence-corrected chi connectivity index (χ2v) is 4.36. The fourth-order valence-electron chi connectivity index (χ4n) is 1.77. The number of carbonyl (C=O) groups is 1. The van der Waals surface area contributed by atoms with E-state index < -0.39 is 17.7 Å². The van der Waals surface area contributed by atoms with Crippen LogP contribution >= 0.6 is 0 Å². The molecule has 0 amide bonds. The molecule has 1 unspecified atom stereocenters. The molecule has 1 aromatic rings. The maximum atomic E-state index is 10.6. The lowest BCUT2D eigenvalue weighted by molar-refractivity contribution is -0.192. The number of carboxylic acids is 1. The van der Waals surface area contributed by atoms with Gasteiger partial charge in [0.25, 0.3) is 0 Å². The lowest BCUT2D eigenvalue weighted by Crippen LogP contribution is -2.43. The first kappa shape index (κ1) is 16.4. The molecule has 1 aliphatic heterocycles. The molecule has 1 aliphatic rings. The molecule has 0 aliphatic carbocycles. The Balaban J connectivity index is 0.000000246. The average molecular weight is 292 g/mol.